The molecule has 0 amide bonds. The molecule has 0 spiro atoms. The van der Waals surface area contributed by atoms with Crippen molar-refractivity contribution in [2.75, 3.05) is 36.0 Å². The highest BCUT2D eigenvalue weighted by molar-refractivity contribution is 6.59. The van der Waals surface area contributed by atoms with Gasteiger partial charge in [0, 0.05) is 13.1 Å². The Morgan fingerprint density at radius 1 is 1.36 bits per heavy atom. The summed E-state index contributed by atoms with van der Waals surface area (Å²) < 4.78 is 4.54. The first-order valence-corrected chi connectivity index (χ1v) is 6.61. The molecule has 118 valence electrons. The van der Waals surface area contributed by atoms with E-state index in [0.717, 1.165) is 13.1 Å². The Labute approximate surface area is 126 Å². The minimum absolute atomic E-state index is 0.0322. The number of nitrogens with two attached hydrogens (primary N) is 1. The molecule has 0 radical (unpaired) electrons. The first-order valence-electron chi connectivity index (χ1n) is 6.61. The largest absolute Gasteiger partial charge is 0.464 e. The first-order chi connectivity index (χ1) is 10.6. The Bertz CT molecular complexity index is 612. The number of carbonyl (C=O) groups is 1. The molecule has 1 aliphatic rings. The van der Waals surface area contributed by atoms with Gasteiger partial charge in [-0.05, 0) is 13.8 Å². The molecule has 3 N–H and O–H groups in total. The van der Waals surface area contributed by atoms with Crippen molar-refractivity contribution in [3.05, 3.63) is 0 Å². The number of nitrogen functional groups attached to an aromatic ring is 1. The number of nitrogens with zero attached hydrogens (tertiary/aromatic N) is 7. The summed E-state index contributed by atoms with van der Waals surface area (Å²) in [5, 5.41) is 8.98. The zero-order valence-electron chi connectivity index (χ0n) is 12.5. The Hall–Kier alpha value is -2.98. The molecule has 0 aromatic carbocycles. The Kier molecular flexibility index (Phi) is 4.66. The van der Waals surface area contributed by atoms with Crippen LogP contribution in [0.15, 0.2) is 10.2 Å². The molecule has 11 nitrogen and oxygen atoms in total. The van der Waals surface area contributed by atoms with E-state index in [2.05, 4.69) is 35.4 Å². The van der Waals surface area contributed by atoms with Crippen molar-refractivity contribution in [2.45, 2.75) is 13.8 Å². The molecule has 1 aromatic heterocycles. The van der Waals surface area contributed by atoms with Crippen LogP contribution in [0.5, 0.6) is 0 Å². The number of anilines is 3. The quantitative estimate of drug-likeness (QED) is 0.666. The smallest absolute Gasteiger partial charge is 0.360 e. The minimum Gasteiger partial charge on any atom is -0.464 e. The zero-order chi connectivity index (χ0) is 16.1. The van der Waals surface area contributed by atoms with Gasteiger partial charge in [0.1, 0.15) is 0 Å². The Balaban J connectivity index is 2.22. The van der Waals surface area contributed by atoms with Gasteiger partial charge in [0.15, 0.2) is 5.71 Å². The van der Waals surface area contributed by atoms with Crippen molar-refractivity contribution >= 4 is 35.7 Å². The summed E-state index contributed by atoms with van der Waals surface area (Å²) in [5.74, 6) is 0.0621. The van der Waals surface area contributed by atoms with Crippen molar-refractivity contribution in [2.24, 2.45) is 10.2 Å². The molecule has 0 saturated heterocycles. The van der Waals surface area contributed by atoms with Crippen LogP contribution in [0, 0.1) is 0 Å². The van der Waals surface area contributed by atoms with Crippen LogP contribution in [0.4, 0.5) is 17.8 Å². The van der Waals surface area contributed by atoms with Gasteiger partial charge < -0.3 is 15.4 Å². The Morgan fingerprint density at radius 2 is 2.09 bits per heavy atom. The van der Waals surface area contributed by atoms with Crippen molar-refractivity contribution in [3.63, 3.8) is 0 Å². The van der Waals surface area contributed by atoms with E-state index in [1.54, 1.807) is 0 Å². The summed E-state index contributed by atoms with van der Waals surface area (Å²) in [4.78, 5) is 25.6. The van der Waals surface area contributed by atoms with Crippen LogP contribution >= 0.6 is 0 Å². The highest BCUT2D eigenvalue weighted by Gasteiger charge is 2.19. The number of aromatic nitrogens is 3. The number of hydrogen-bond donors (Lipinski definition) is 2. The van der Waals surface area contributed by atoms with Gasteiger partial charge in [-0.1, -0.05) is 0 Å². The summed E-state index contributed by atoms with van der Waals surface area (Å²) in [5.41, 5.74) is 8.26. The van der Waals surface area contributed by atoms with Crippen LogP contribution in [0.1, 0.15) is 13.8 Å². The van der Waals surface area contributed by atoms with Crippen molar-refractivity contribution in [1.29, 1.82) is 0 Å². The fourth-order valence-corrected chi connectivity index (χ4v) is 1.68. The van der Waals surface area contributed by atoms with Crippen LogP contribution in [0.3, 0.4) is 0 Å². The summed E-state index contributed by atoms with van der Waals surface area (Å²) >= 11 is 0. The Morgan fingerprint density at radius 3 is 2.64 bits per heavy atom. The lowest BCUT2D eigenvalue weighted by Crippen LogP contribution is -2.38. The molecule has 0 bridgehead atoms. The lowest BCUT2D eigenvalue weighted by molar-refractivity contribution is -0.132. The predicted octanol–water partition coefficient (Wildman–Crippen LogP) is -0.861. The number of hydrazone groups is 2. The monoisotopic (exact) mass is 307 g/mol. The van der Waals surface area contributed by atoms with Crippen LogP contribution < -0.4 is 21.3 Å². The van der Waals surface area contributed by atoms with Crippen molar-refractivity contribution in [1.82, 2.24) is 20.5 Å². The van der Waals surface area contributed by atoms with Gasteiger partial charge in [0.25, 0.3) is 5.95 Å². The molecule has 0 fully saturated rings. The van der Waals surface area contributed by atoms with Crippen LogP contribution in [0.25, 0.3) is 0 Å². The van der Waals surface area contributed by atoms with Gasteiger partial charge in [-0.3, -0.25) is 0 Å². The van der Waals surface area contributed by atoms with Gasteiger partial charge >= 0.3 is 5.97 Å². The highest BCUT2D eigenvalue weighted by Crippen LogP contribution is 2.14. The molecule has 0 unspecified atom stereocenters. The molecule has 22 heavy (non-hydrogen) atoms. The molecule has 0 aliphatic carbocycles. The second-order valence-electron chi connectivity index (χ2n) is 4.11. The zero-order valence-corrected chi connectivity index (χ0v) is 12.5. The van der Waals surface area contributed by atoms with Crippen molar-refractivity contribution < 1.29 is 9.53 Å². The standard InChI is InChI=1S/C11H17N9O2/c1-4-19(5-2)10-14-9(12)15-11(16-10)20-13-6-7(17-18-20)8(21)22-3/h6,18H,4-5H2,1-3H3,(H2,12,14,15,16). The van der Waals surface area contributed by atoms with E-state index >= 15 is 0 Å². The summed E-state index contributed by atoms with van der Waals surface area (Å²) in [6, 6.07) is 0. The number of hydrazine groups is 1. The number of methoxy groups -OCH3 is 1. The maximum absolute atomic E-state index is 11.3. The van der Waals surface area contributed by atoms with Crippen LogP contribution in [-0.4, -0.2) is 53.0 Å². The highest BCUT2D eigenvalue weighted by atomic mass is 16.5. The minimum atomic E-state index is -0.602. The molecule has 0 atom stereocenters. The van der Waals surface area contributed by atoms with E-state index in [9.17, 15) is 4.79 Å². The average molecular weight is 307 g/mol. The first kappa shape index (κ1) is 15.4. The van der Waals surface area contributed by atoms with Gasteiger partial charge in [-0.15, -0.1) is 10.2 Å². The number of hydrogen-bond acceptors (Lipinski definition) is 11. The molecule has 1 aromatic rings. The van der Waals surface area contributed by atoms with E-state index < -0.39 is 5.97 Å². The molecular weight excluding hydrogens is 290 g/mol. The van der Waals surface area contributed by atoms with E-state index in [4.69, 9.17) is 5.73 Å². The van der Waals surface area contributed by atoms with Gasteiger partial charge in [-0.25, -0.2) is 4.79 Å². The molecule has 0 saturated carbocycles. The normalized spacial score (nSPS) is 13.4. The fourth-order valence-electron chi connectivity index (χ4n) is 1.68. The van der Waals surface area contributed by atoms with Gasteiger partial charge in [-0.2, -0.15) is 25.6 Å². The number of ether oxygens (including phenoxy) is 1. The molecule has 2 heterocycles. The van der Waals surface area contributed by atoms with Crippen LogP contribution in [0.2, 0.25) is 0 Å². The third kappa shape index (κ3) is 3.19. The molecule has 11 heteroatoms. The number of carbonyl (C=O) groups excluding carboxylic acids is 1. The lowest BCUT2D eigenvalue weighted by Gasteiger charge is -2.22. The number of nitrogens with one attached hydrogen (secondary N) is 1. The van der Waals surface area contributed by atoms with Gasteiger partial charge in [0.2, 0.25) is 11.9 Å². The molecule has 2 rings (SSSR count). The summed E-state index contributed by atoms with van der Waals surface area (Å²) in [6.45, 7) is 5.40. The maximum Gasteiger partial charge on any atom is 0.360 e. The number of esters is 1. The van der Waals surface area contributed by atoms with Crippen LogP contribution in [-0.2, 0) is 9.53 Å². The van der Waals surface area contributed by atoms with E-state index in [-0.39, 0.29) is 17.6 Å². The second-order valence-corrected chi connectivity index (χ2v) is 4.11. The molecule has 1 aliphatic heterocycles. The third-order valence-corrected chi connectivity index (χ3v) is 2.82. The number of rotatable bonds is 5. The third-order valence-electron chi connectivity index (χ3n) is 2.82. The summed E-state index contributed by atoms with van der Waals surface area (Å²) in [7, 11) is 1.26. The maximum atomic E-state index is 11.3. The van der Waals surface area contributed by atoms with E-state index in [0.29, 0.717) is 5.95 Å². The summed E-state index contributed by atoms with van der Waals surface area (Å²) in [6.07, 6.45) is 1.24. The topological polar surface area (TPSA) is 134 Å². The lowest BCUT2D eigenvalue weighted by atomic mass is 10.4. The van der Waals surface area contributed by atoms with Gasteiger partial charge in [0.05, 0.1) is 13.3 Å². The molecular formula is C11H17N9O2. The van der Waals surface area contributed by atoms with E-state index in [1.807, 2.05) is 18.7 Å². The average Bonchev–Trinajstić information content (AvgIpc) is 2.55. The van der Waals surface area contributed by atoms with E-state index in [1.165, 1.54) is 18.4 Å². The SMILES string of the molecule is CCN(CC)c1nc(N)nc(N2N=CC(C(=O)OC)=NN2)n1. The second kappa shape index (κ2) is 6.65. The predicted molar refractivity (Wildman–Crippen MR) is 81.4 cm³/mol. The van der Waals surface area contributed by atoms with Crippen molar-refractivity contribution in [3.8, 4) is 0 Å². The fraction of sp³-hybridized carbons (Fsp3) is 0.455.